The van der Waals surface area contributed by atoms with E-state index in [1.807, 2.05) is 0 Å². The number of rotatable bonds is 6. The van der Waals surface area contributed by atoms with Gasteiger partial charge in [-0.05, 0) is 12.6 Å². The summed E-state index contributed by atoms with van der Waals surface area (Å²) in [7, 11) is 1.65. The molecule has 0 bridgehead atoms. The van der Waals surface area contributed by atoms with Crippen LogP contribution in [0.3, 0.4) is 0 Å². The summed E-state index contributed by atoms with van der Waals surface area (Å²) in [4.78, 5) is 12.6. The highest BCUT2D eigenvalue weighted by atomic mass is 19.4. The molecule has 0 unspecified atom stereocenters. The third kappa shape index (κ3) is 6.24. The van der Waals surface area contributed by atoms with E-state index in [2.05, 4.69) is 5.32 Å². The number of hydrogen-bond donors (Lipinski definition) is 1. The minimum atomic E-state index is -4.38. The van der Waals surface area contributed by atoms with Gasteiger partial charge in [0.1, 0.15) is 6.54 Å². The molecule has 106 valence electrons. The summed E-state index contributed by atoms with van der Waals surface area (Å²) < 4.78 is 37.4. The fourth-order valence-electron chi connectivity index (χ4n) is 1.64. The summed E-state index contributed by atoms with van der Waals surface area (Å²) in [6.07, 6.45) is -4.33. The van der Waals surface area contributed by atoms with Gasteiger partial charge in [-0.15, -0.1) is 0 Å². The topological polar surface area (TPSA) is 32.3 Å². The number of amides is 1. The summed E-state index contributed by atoms with van der Waals surface area (Å²) >= 11 is 0. The zero-order valence-corrected chi connectivity index (χ0v) is 10.7. The Hall–Kier alpha value is -1.56. The molecule has 0 aliphatic heterocycles. The Balaban J connectivity index is 2.71. The number of benzene rings is 1. The maximum Gasteiger partial charge on any atom is 0.406 e. The standard InChI is InChI=1S/C13H17F3N2O/c1-17-8-7-12(19)18(10-13(14,15)16)9-11-5-3-2-4-6-11/h2-6,17H,7-10H2,1H3. The van der Waals surface area contributed by atoms with Crippen molar-refractivity contribution in [3.8, 4) is 0 Å². The van der Waals surface area contributed by atoms with E-state index in [0.29, 0.717) is 12.1 Å². The predicted molar refractivity (Wildman–Crippen MR) is 66.5 cm³/mol. The van der Waals surface area contributed by atoms with Crippen molar-refractivity contribution >= 4 is 5.91 Å². The first-order chi connectivity index (χ1) is 8.92. The van der Waals surface area contributed by atoms with Crippen LogP contribution in [0.2, 0.25) is 0 Å². The lowest BCUT2D eigenvalue weighted by Crippen LogP contribution is -2.39. The molecule has 0 aliphatic rings. The van der Waals surface area contributed by atoms with Gasteiger partial charge < -0.3 is 10.2 Å². The molecule has 0 saturated carbocycles. The van der Waals surface area contributed by atoms with Gasteiger partial charge in [0.05, 0.1) is 0 Å². The lowest BCUT2D eigenvalue weighted by atomic mass is 10.2. The van der Waals surface area contributed by atoms with E-state index in [0.717, 1.165) is 4.90 Å². The molecule has 0 aromatic heterocycles. The maximum atomic E-state index is 12.5. The van der Waals surface area contributed by atoms with Gasteiger partial charge >= 0.3 is 6.18 Å². The molecule has 19 heavy (non-hydrogen) atoms. The first-order valence-electron chi connectivity index (χ1n) is 5.95. The highest BCUT2D eigenvalue weighted by Crippen LogP contribution is 2.18. The highest BCUT2D eigenvalue weighted by molar-refractivity contribution is 5.76. The van der Waals surface area contributed by atoms with E-state index in [-0.39, 0.29) is 13.0 Å². The van der Waals surface area contributed by atoms with Crippen LogP contribution < -0.4 is 5.32 Å². The number of nitrogens with zero attached hydrogens (tertiary/aromatic N) is 1. The SMILES string of the molecule is CNCCC(=O)N(Cc1ccccc1)CC(F)(F)F. The second kappa shape index (κ2) is 7.13. The van der Waals surface area contributed by atoms with Gasteiger partial charge in [-0.3, -0.25) is 4.79 Å². The highest BCUT2D eigenvalue weighted by Gasteiger charge is 2.32. The van der Waals surface area contributed by atoms with Crippen molar-refractivity contribution in [2.45, 2.75) is 19.1 Å². The third-order valence-corrected chi connectivity index (χ3v) is 2.53. The monoisotopic (exact) mass is 274 g/mol. The van der Waals surface area contributed by atoms with Gasteiger partial charge in [-0.1, -0.05) is 30.3 Å². The van der Waals surface area contributed by atoms with Crippen molar-refractivity contribution in [2.75, 3.05) is 20.1 Å². The third-order valence-electron chi connectivity index (χ3n) is 2.53. The van der Waals surface area contributed by atoms with Crippen molar-refractivity contribution in [2.24, 2.45) is 0 Å². The average Bonchev–Trinajstić information content (AvgIpc) is 2.35. The lowest BCUT2D eigenvalue weighted by Gasteiger charge is -2.24. The Morgan fingerprint density at radius 3 is 2.42 bits per heavy atom. The van der Waals surface area contributed by atoms with Crippen molar-refractivity contribution < 1.29 is 18.0 Å². The van der Waals surface area contributed by atoms with Crippen LogP contribution in [0, 0.1) is 0 Å². The van der Waals surface area contributed by atoms with E-state index in [1.54, 1.807) is 37.4 Å². The van der Waals surface area contributed by atoms with Gasteiger partial charge in [0, 0.05) is 19.5 Å². The summed E-state index contributed by atoms with van der Waals surface area (Å²) in [5.41, 5.74) is 0.685. The van der Waals surface area contributed by atoms with Gasteiger partial charge in [0.25, 0.3) is 0 Å². The molecule has 1 amide bonds. The Kier molecular flexibility index (Phi) is 5.82. The van der Waals surface area contributed by atoms with Crippen LogP contribution >= 0.6 is 0 Å². The van der Waals surface area contributed by atoms with Crippen LogP contribution in [-0.2, 0) is 11.3 Å². The minimum absolute atomic E-state index is 0.0249. The number of carbonyl (C=O) groups excluding carboxylic acids is 1. The molecular weight excluding hydrogens is 257 g/mol. The maximum absolute atomic E-state index is 12.5. The average molecular weight is 274 g/mol. The van der Waals surface area contributed by atoms with Crippen LogP contribution in [0.5, 0.6) is 0 Å². The Bertz CT molecular complexity index is 393. The Morgan fingerprint density at radius 2 is 1.89 bits per heavy atom. The second-order valence-corrected chi connectivity index (χ2v) is 4.20. The molecule has 1 rings (SSSR count). The Morgan fingerprint density at radius 1 is 1.26 bits per heavy atom. The van der Waals surface area contributed by atoms with Crippen molar-refractivity contribution in [1.29, 1.82) is 0 Å². The summed E-state index contributed by atoms with van der Waals surface area (Å²) in [6, 6.07) is 8.65. The molecule has 0 spiro atoms. The summed E-state index contributed by atoms with van der Waals surface area (Å²) in [5, 5.41) is 2.75. The zero-order valence-electron chi connectivity index (χ0n) is 10.7. The zero-order chi connectivity index (χ0) is 14.3. The number of hydrogen-bond acceptors (Lipinski definition) is 2. The van der Waals surface area contributed by atoms with E-state index in [1.165, 1.54) is 0 Å². The fraction of sp³-hybridized carbons (Fsp3) is 0.462. The molecule has 0 heterocycles. The van der Waals surface area contributed by atoms with Gasteiger partial charge in [-0.2, -0.15) is 13.2 Å². The number of halogens is 3. The van der Waals surface area contributed by atoms with Crippen LogP contribution in [-0.4, -0.2) is 37.1 Å². The van der Waals surface area contributed by atoms with Crippen LogP contribution in [0.1, 0.15) is 12.0 Å². The van der Waals surface area contributed by atoms with Gasteiger partial charge in [-0.25, -0.2) is 0 Å². The van der Waals surface area contributed by atoms with Crippen molar-refractivity contribution in [3.63, 3.8) is 0 Å². The van der Waals surface area contributed by atoms with E-state index in [9.17, 15) is 18.0 Å². The van der Waals surface area contributed by atoms with Crippen LogP contribution in [0.4, 0.5) is 13.2 Å². The fourth-order valence-corrected chi connectivity index (χ4v) is 1.64. The molecule has 0 aliphatic carbocycles. The molecule has 0 atom stereocenters. The first kappa shape index (κ1) is 15.5. The summed E-state index contributed by atoms with van der Waals surface area (Å²) in [5.74, 6) is -0.504. The molecule has 0 fully saturated rings. The van der Waals surface area contributed by atoms with Crippen LogP contribution in [0.15, 0.2) is 30.3 Å². The quantitative estimate of drug-likeness (QED) is 0.862. The molecule has 0 saturated heterocycles. The number of alkyl halides is 3. The predicted octanol–water partition coefficient (Wildman–Crippen LogP) is 2.19. The van der Waals surface area contributed by atoms with Crippen molar-refractivity contribution in [1.82, 2.24) is 10.2 Å². The molecule has 6 heteroatoms. The molecule has 1 aromatic carbocycles. The molecule has 1 aromatic rings. The van der Waals surface area contributed by atoms with E-state index in [4.69, 9.17) is 0 Å². The van der Waals surface area contributed by atoms with E-state index >= 15 is 0 Å². The smallest absolute Gasteiger partial charge is 0.329 e. The molecule has 3 nitrogen and oxygen atoms in total. The number of nitrogens with one attached hydrogen (secondary N) is 1. The lowest BCUT2D eigenvalue weighted by molar-refractivity contribution is -0.162. The minimum Gasteiger partial charge on any atom is -0.329 e. The molecule has 1 N–H and O–H groups in total. The first-order valence-corrected chi connectivity index (χ1v) is 5.95. The van der Waals surface area contributed by atoms with E-state index < -0.39 is 18.6 Å². The second-order valence-electron chi connectivity index (χ2n) is 4.20. The largest absolute Gasteiger partial charge is 0.406 e. The molecular formula is C13H17F3N2O. The van der Waals surface area contributed by atoms with Gasteiger partial charge in [0.2, 0.25) is 5.91 Å². The molecule has 0 radical (unpaired) electrons. The van der Waals surface area contributed by atoms with Crippen LogP contribution in [0.25, 0.3) is 0 Å². The normalized spacial score (nSPS) is 11.4. The number of carbonyl (C=O) groups is 1. The Labute approximate surface area is 110 Å². The van der Waals surface area contributed by atoms with Crippen molar-refractivity contribution in [3.05, 3.63) is 35.9 Å². The van der Waals surface area contributed by atoms with Gasteiger partial charge in [0.15, 0.2) is 0 Å². The summed E-state index contributed by atoms with van der Waals surface area (Å²) in [6.45, 7) is -0.880.